The first-order valence-corrected chi connectivity index (χ1v) is 7.31. The zero-order valence-corrected chi connectivity index (χ0v) is 13.7. The Balaban J connectivity index is 2.44. The lowest BCUT2D eigenvalue weighted by atomic mass is 10.2. The van der Waals surface area contributed by atoms with Gasteiger partial charge in [-0.3, -0.25) is 0 Å². The van der Waals surface area contributed by atoms with Gasteiger partial charge in [0.2, 0.25) is 0 Å². The number of halogens is 3. The summed E-state index contributed by atoms with van der Waals surface area (Å²) in [4.78, 5) is 8.63. The molecular formula is C14H14Cl3N3. The topological polar surface area (TPSA) is 37.8 Å². The fourth-order valence-corrected chi connectivity index (χ4v) is 2.30. The van der Waals surface area contributed by atoms with Crippen LogP contribution in [0.25, 0.3) is 0 Å². The minimum atomic E-state index is 0.439. The van der Waals surface area contributed by atoms with Crippen LogP contribution in [0.5, 0.6) is 0 Å². The van der Waals surface area contributed by atoms with Crippen LogP contribution in [0.4, 0.5) is 11.5 Å². The molecule has 2 aromatic rings. The van der Waals surface area contributed by atoms with E-state index in [4.69, 9.17) is 34.8 Å². The van der Waals surface area contributed by atoms with Crippen molar-refractivity contribution >= 4 is 46.3 Å². The Hall–Kier alpha value is -1.03. The van der Waals surface area contributed by atoms with Gasteiger partial charge in [-0.1, -0.05) is 41.7 Å². The molecule has 0 aliphatic carbocycles. The lowest BCUT2D eigenvalue weighted by Gasteiger charge is -2.13. The van der Waals surface area contributed by atoms with Crippen LogP contribution >= 0.6 is 34.8 Å². The van der Waals surface area contributed by atoms with Crippen molar-refractivity contribution in [3.63, 3.8) is 0 Å². The van der Waals surface area contributed by atoms with Gasteiger partial charge in [0.1, 0.15) is 16.8 Å². The van der Waals surface area contributed by atoms with Crippen molar-refractivity contribution in [1.29, 1.82) is 0 Å². The summed E-state index contributed by atoms with van der Waals surface area (Å²) >= 11 is 18.5. The third-order valence-electron chi connectivity index (χ3n) is 2.95. The second kappa shape index (κ2) is 6.17. The van der Waals surface area contributed by atoms with Crippen molar-refractivity contribution < 1.29 is 0 Å². The van der Waals surface area contributed by atoms with Crippen LogP contribution in [-0.4, -0.2) is 9.97 Å². The molecule has 1 heterocycles. The highest BCUT2D eigenvalue weighted by molar-refractivity contribution is 6.36. The smallest absolute Gasteiger partial charge is 0.138 e. The molecule has 0 saturated heterocycles. The summed E-state index contributed by atoms with van der Waals surface area (Å²) in [6, 6.07) is 3.59. The SMILES string of the molecule is CCc1nc(Cl)c(C)c(Nc2cc(Cl)c(C)cc2Cl)n1. The monoisotopic (exact) mass is 329 g/mol. The average Bonchev–Trinajstić information content (AvgIpc) is 2.40. The summed E-state index contributed by atoms with van der Waals surface area (Å²) in [6.07, 6.45) is 0.705. The molecule has 106 valence electrons. The lowest BCUT2D eigenvalue weighted by molar-refractivity contribution is 0.934. The molecule has 1 N–H and O–H groups in total. The van der Waals surface area contributed by atoms with Crippen molar-refractivity contribution in [2.45, 2.75) is 27.2 Å². The maximum atomic E-state index is 6.22. The summed E-state index contributed by atoms with van der Waals surface area (Å²) in [5.74, 6) is 1.32. The zero-order chi connectivity index (χ0) is 14.9. The van der Waals surface area contributed by atoms with Gasteiger partial charge in [-0.15, -0.1) is 0 Å². The van der Waals surface area contributed by atoms with Gasteiger partial charge in [0, 0.05) is 17.0 Å². The molecule has 0 fully saturated rings. The zero-order valence-electron chi connectivity index (χ0n) is 11.4. The number of benzene rings is 1. The molecule has 0 bridgehead atoms. The Kier molecular flexibility index (Phi) is 4.74. The minimum Gasteiger partial charge on any atom is -0.339 e. The van der Waals surface area contributed by atoms with Crippen LogP contribution in [0.2, 0.25) is 15.2 Å². The van der Waals surface area contributed by atoms with Crippen molar-refractivity contribution in [2.24, 2.45) is 0 Å². The van der Waals surface area contributed by atoms with Crippen molar-refractivity contribution in [3.05, 3.63) is 44.3 Å². The molecule has 6 heteroatoms. The number of anilines is 2. The molecule has 0 aliphatic rings. The van der Waals surface area contributed by atoms with E-state index in [1.165, 1.54) is 0 Å². The largest absolute Gasteiger partial charge is 0.339 e. The molecule has 0 unspecified atom stereocenters. The third-order valence-corrected chi connectivity index (χ3v) is 4.04. The van der Waals surface area contributed by atoms with Crippen LogP contribution < -0.4 is 5.32 Å². The van der Waals surface area contributed by atoms with Crippen LogP contribution in [0.15, 0.2) is 12.1 Å². The number of hydrogen-bond acceptors (Lipinski definition) is 3. The fourth-order valence-electron chi connectivity index (χ4n) is 1.68. The number of nitrogens with one attached hydrogen (secondary N) is 1. The van der Waals surface area contributed by atoms with Gasteiger partial charge in [0.25, 0.3) is 0 Å². The molecule has 0 amide bonds. The molecule has 0 spiro atoms. The van der Waals surface area contributed by atoms with Crippen molar-refractivity contribution in [1.82, 2.24) is 9.97 Å². The number of aromatic nitrogens is 2. The van der Waals surface area contributed by atoms with E-state index in [1.807, 2.05) is 26.8 Å². The molecule has 3 nitrogen and oxygen atoms in total. The number of hydrogen-bond donors (Lipinski definition) is 1. The summed E-state index contributed by atoms with van der Waals surface area (Å²) in [7, 11) is 0. The Morgan fingerprint density at radius 3 is 2.40 bits per heavy atom. The Labute approximate surface area is 133 Å². The maximum Gasteiger partial charge on any atom is 0.138 e. The second-order valence-corrected chi connectivity index (χ2v) is 5.64. The van der Waals surface area contributed by atoms with E-state index in [0.29, 0.717) is 38.9 Å². The normalized spacial score (nSPS) is 10.7. The highest BCUT2D eigenvalue weighted by Gasteiger charge is 2.11. The van der Waals surface area contributed by atoms with Crippen LogP contribution in [0.3, 0.4) is 0 Å². The van der Waals surface area contributed by atoms with Gasteiger partial charge in [-0.25, -0.2) is 9.97 Å². The molecule has 0 radical (unpaired) electrons. The van der Waals surface area contributed by atoms with E-state index in [9.17, 15) is 0 Å². The van der Waals surface area contributed by atoms with Crippen LogP contribution in [-0.2, 0) is 6.42 Å². The quantitative estimate of drug-likeness (QED) is 0.770. The number of aryl methyl sites for hydroxylation is 2. The predicted molar refractivity (Wildman–Crippen MR) is 85.6 cm³/mol. The molecule has 0 aliphatic heterocycles. The van der Waals surface area contributed by atoms with Crippen molar-refractivity contribution in [2.75, 3.05) is 5.32 Å². The molecule has 0 atom stereocenters. The Morgan fingerprint density at radius 2 is 1.75 bits per heavy atom. The van der Waals surface area contributed by atoms with Gasteiger partial charge in [0.15, 0.2) is 0 Å². The second-order valence-electron chi connectivity index (χ2n) is 4.46. The first-order chi connectivity index (χ1) is 9.42. The van der Waals surface area contributed by atoms with Gasteiger partial charge in [-0.05, 0) is 31.5 Å². The Morgan fingerprint density at radius 1 is 1.05 bits per heavy atom. The molecule has 2 rings (SSSR count). The van der Waals surface area contributed by atoms with Crippen molar-refractivity contribution in [3.8, 4) is 0 Å². The number of nitrogens with zero attached hydrogens (tertiary/aromatic N) is 2. The first-order valence-electron chi connectivity index (χ1n) is 6.18. The van der Waals surface area contributed by atoms with E-state index in [-0.39, 0.29) is 0 Å². The molecule has 20 heavy (non-hydrogen) atoms. The van der Waals surface area contributed by atoms with Crippen LogP contribution in [0, 0.1) is 13.8 Å². The van der Waals surface area contributed by atoms with E-state index in [1.54, 1.807) is 6.07 Å². The van der Waals surface area contributed by atoms with Gasteiger partial charge < -0.3 is 5.32 Å². The number of rotatable bonds is 3. The van der Waals surface area contributed by atoms with Crippen LogP contribution in [0.1, 0.15) is 23.9 Å². The molecular weight excluding hydrogens is 317 g/mol. The lowest BCUT2D eigenvalue weighted by Crippen LogP contribution is -2.03. The molecule has 1 aromatic carbocycles. The molecule has 0 saturated carbocycles. The van der Waals surface area contributed by atoms with E-state index in [0.717, 1.165) is 11.1 Å². The highest BCUT2D eigenvalue weighted by Crippen LogP contribution is 2.32. The minimum absolute atomic E-state index is 0.439. The third kappa shape index (κ3) is 3.17. The first kappa shape index (κ1) is 15.4. The summed E-state index contributed by atoms with van der Waals surface area (Å²) in [5, 5.41) is 4.84. The summed E-state index contributed by atoms with van der Waals surface area (Å²) < 4.78 is 0. The fraction of sp³-hybridized carbons (Fsp3) is 0.286. The van der Waals surface area contributed by atoms with E-state index >= 15 is 0 Å². The summed E-state index contributed by atoms with van der Waals surface area (Å²) in [5.41, 5.74) is 2.40. The average molecular weight is 331 g/mol. The van der Waals surface area contributed by atoms with Gasteiger partial charge >= 0.3 is 0 Å². The Bertz CT molecular complexity index is 657. The maximum absolute atomic E-state index is 6.22. The van der Waals surface area contributed by atoms with Gasteiger partial charge in [-0.2, -0.15) is 0 Å². The van der Waals surface area contributed by atoms with E-state index < -0.39 is 0 Å². The standard InChI is InChI=1S/C14H14Cl3N3/c1-4-12-19-13(17)8(3)14(20-12)18-11-6-9(15)7(2)5-10(11)16/h5-6H,4H2,1-3H3,(H,18,19,20). The predicted octanol–water partition coefficient (Wildman–Crippen LogP) is 5.36. The van der Waals surface area contributed by atoms with E-state index in [2.05, 4.69) is 15.3 Å². The molecule has 1 aromatic heterocycles. The summed E-state index contributed by atoms with van der Waals surface area (Å²) in [6.45, 7) is 5.73. The highest BCUT2D eigenvalue weighted by atomic mass is 35.5. The van der Waals surface area contributed by atoms with Gasteiger partial charge in [0.05, 0.1) is 10.7 Å².